The Morgan fingerprint density at radius 2 is 1.67 bits per heavy atom. The predicted octanol–water partition coefficient (Wildman–Crippen LogP) is 3.72. The number of sulfone groups is 1. The first-order valence-corrected chi connectivity index (χ1v) is 9.81. The summed E-state index contributed by atoms with van der Waals surface area (Å²) in [5.41, 5.74) is -0.112. The van der Waals surface area contributed by atoms with Crippen LogP contribution in [0.4, 0.5) is 18.9 Å². The lowest BCUT2D eigenvalue weighted by Gasteiger charge is -2.23. The Hall–Kier alpha value is -2.35. The summed E-state index contributed by atoms with van der Waals surface area (Å²) in [7, 11) is -2.42. The Bertz CT molecular complexity index is 1010. The highest BCUT2D eigenvalue weighted by Gasteiger charge is 2.49. The number of nitrogens with zero attached hydrogens (tertiary/aromatic N) is 1. The van der Waals surface area contributed by atoms with Gasteiger partial charge in [0.1, 0.15) is 0 Å². The normalized spacial score (nSPS) is 20.1. The number of fused-ring (bicyclic) bond motifs is 1. The Labute approximate surface area is 155 Å². The zero-order chi connectivity index (χ0) is 20.2. The highest BCUT2D eigenvalue weighted by atomic mass is 32.2. The fourth-order valence-electron chi connectivity index (χ4n) is 3.43. The van der Waals surface area contributed by atoms with Crippen LogP contribution in [-0.2, 0) is 26.2 Å². The van der Waals surface area contributed by atoms with Crippen molar-refractivity contribution in [3.63, 3.8) is 0 Å². The third kappa shape index (κ3) is 3.22. The van der Waals surface area contributed by atoms with Crippen LogP contribution < -0.4 is 4.90 Å². The van der Waals surface area contributed by atoms with Crippen molar-refractivity contribution < 1.29 is 26.4 Å². The van der Waals surface area contributed by atoms with Gasteiger partial charge in [0.2, 0.25) is 5.91 Å². The second-order valence-electron chi connectivity index (χ2n) is 7.00. The molecule has 0 unspecified atom stereocenters. The molecule has 0 bridgehead atoms. The summed E-state index contributed by atoms with van der Waals surface area (Å²) in [4.78, 5) is 14.0. The summed E-state index contributed by atoms with van der Waals surface area (Å²) < 4.78 is 63.8. The summed E-state index contributed by atoms with van der Waals surface area (Å²) in [6.45, 7) is 3.40. The molecule has 1 aliphatic rings. The molecule has 3 rings (SSSR count). The summed E-state index contributed by atoms with van der Waals surface area (Å²) in [6.07, 6.45) is -4.55. The van der Waals surface area contributed by atoms with Crippen LogP contribution in [0.1, 0.15) is 23.6 Å². The fraction of sp³-hybridized carbons (Fsp3) is 0.316. The highest BCUT2D eigenvalue weighted by Crippen LogP contribution is 2.43. The highest BCUT2D eigenvalue weighted by molar-refractivity contribution is 7.91. The summed E-state index contributed by atoms with van der Waals surface area (Å²) in [6, 6.07) is 8.70. The molecule has 1 aliphatic heterocycles. The molecule has 1 atom stereocenters. The van der Waals surface area contributed by atoms with Crippen molar-refractivity contribution in [2.24, 2.45) is 0 Å². The molecule has 1 heterocycles. The minimum absolute atomic E-state index is 0.242. The van der Waals surface area contributed by atoms with Crippen molar-refractivity contribution in [3.8, 4) is 0 Å². The van der Waals surface area contributed by atoms with E-state index in [4.69, 9.17) is 0 Å². The molecular formula is C19H18F3NO3S. The van der Waals surface area contributed by atoms with Crippen molar-refractivity contribution in [3.05, 3.63) is 59.2 Å². The molecule has 0 saturated heterocycles. The third-order valence-electron chi connectivity index (χ3n) is 4.90. The van der Waals surface area contributed by atoms with E-state index in [0.717, 1.165) is 29.8 Å². The molecule has 0 saturated carbocycles. The Morgan fingerprint density at radius 1 is 1.07 bits per heavy atom. The Balaban J connectivity index is 2.01. The van der Waals surface area contributed by atoms with Gasteiger partial charge in [-0.1, -0.05) is 17.7 Å². The number of hydrogen-bond donors (Lipinski definition) is 0. The number of benzene rings is 2. The van der Waals surface area contributed by atoms with Gasteiger partial charge in [-0.25, -0.2) is 8.42 Å². The second-order valence-corrected chi connectivity index (χ2v) is 8.99. The van der Waals surface area contributed by atoms with E-state index in [-0.39, 0.29) is 10.8 Å². The molecule has 27 heavy (non-hydrogen) atoms. The lowest BCUT2D eigenvalue weighted by molar-refractivity contribution is -0.137. The first-order chi connectivity index (χ1) is 12.4. The topological polar surface area (TPSA) is 54.5 Å². The number of anilines is 1. The van der Waals surface area contributed by atoms with E-state index in [2.05, 4.69) is 0 Å². The van der Waals surface area contributed by atoms with Crippen molar-refractivity contribution >= 4 is 21.4 Å². The van der Waals surface area contributed by atoms with Crippen LogP contribution in [0.2, 0.25) is 0 Å². The number of carbonyl (C=O) groups is 1. The van der Waals surface area contributed by atoms with E-state index in [1.807, 2.05) is 13.0 Å². The molecule has 0 radical (unpaired) electrons. The van der Waals surface area contributed by atoms with E-state index in [1.54, 1.807) is 26.1 Å². The number of amides is 1. The number of alkyl halides is 3. The van der Waals surface area contributed by atoms with Gasteiger partial charge in [0.25, 0.3) is 0 Å². The number of carbonyl (C=O) groups excluding carboxylic acids is 1. The monoisotopic (exact) mass is 397 g/mol. The molecule has 0 N–H and O–H groups in total. The van der Waals surface area contributed by atoms with Crippen LogP contribution in [0.5, 0.6) is 0 Å². The number of halogens is 3. The zero-order valence-electron chi connectivity index (χ0n) is 15.0. The fourth-order valence-corrected chi connectivity index (χ4v) is 5.19. The van der Waals surface area contributed by atoms with Gasteiger partial charge in [-0.05, 0) is 49.7 Å². The van der Waals surface area contributed by atoms with Crippen LogP contribution in [0, 0.1) is 6.92 Å². The van der Waals surface area contributed by atoms with Crippen LogP contribution in [-0.4, -0.2) is 27.1 Å². The standard InChI is InChI=1S/C19H18F3NO3S/c1-12-4-9-16-15(10-12)18(2,17(24)23(16)3)11-27(25,26)14-7-5-13(6-8-14)19(20,21)22/h4-10H,11H2,1-3H3/t18-/m1/s1. The Morgan fingerprint density at radius 3 is 2.22 bits per heavy atom. The van der Waals surface area contributed by atoms with Gasteiger partial charge in [0.05, 0.1) is 21.6 Å². The molecule has 0 aromatic heterocycles. The minimum atomic E-state index is -4.55. The van der Waals surface area contributed by atoms with Crippen molar-refractivity contribution in [1.29, 1.82) is 0 Å². The van der Waals surface area contributed by atoms with Crippen LogP contribution >= 0.6 is 0 Å². The van der Waals surface area contributed by atoms with Crippen LogP contribution in [0.25, 0.3) is 0 Å². The number of rotatable bonds is 3. The lowest BCUT2D eigenvalue weighted by atomic mass is 9.85. The molecule has 2 aromatic rings. The maximum absolute atomic E-state index is 12.8. The maximum atomic E-state index is 12.8. The van der Waals surface area contributed by atoms with Gasteiger partial charge in [-0.15, -0.1) is 0 Å². The zero-order valence-corrected chi connectivity index (χ0v) is 15.8. The quantitative estimate of drug-likeness (QED) is 0.793. The minimum Gasteiger partial charge on any atom is -0.314 e. The van der Waals surface area contributed by atoms with E-state index in [9.17, 15) is 26.4 Å². The van der Waals surface area contributed by atoms with E-state index in [0.29, 0.717) is 11.3 Å². The van der Waals surface area contributed by atoms with Gasteiger partial charge in [0.15, 0.2) is 9.84 Å². The predicted molar refractivity (Wildman–Crippen MR) is 95.4 cm³/mol. The van der Waals surface area contributed by atoms with E-state index in [1.165, 1.54) is 4.90 Å². The SMILES string of the molecule is Cc1ccc2c(c1)[C@@](C)(CS(=O)(=O)c1ccc(C(F)(F)F)cc1)C(=O)N2C. The van der Waals surface area contributed by atoms with Crippen LogP contribution in [0.3, 0.4) is 0 Å². The maximum Gasteiger partial charge on any atom is 0.416 e. The third-order valence-corrected chi connectivity index (χ3v) is 6.85. The van der Waals surface area contributed by atoms with Gasteiger partial charge in [0, 0.05) is 12.7 Å². The Kier molecular flexibility index (Phi) is 4.38. The van der Waals surface area contributed by atoms with Gasteiger partial charge in [-0.2, -0.15) is 13.2 Å². The van der Waals surface area contributed by atoms with Crippen molar-refractivity contribution in [2.75, 3.05) is 17.7 Å². The first-order valence-electron chi connectivity index (χ1n) is 8.15. The molecular weight excluding hydrogens is 379 g/mol. The molecule has 0 spiro atoms. The summed E-state index contributed by atoms with van der Waals surface area (Å²) in [5, 5.41) is 0. The molecule has 4 nitrogen and oxygen atoms in total. The van der Waals surface area contributed by atoms with Crippen LogP contribution in [0.15, 0.2) is 47.4 Å². The number of aryl methyl sites for hydroxylation is 1. The molecule has 144 valence electrons. The van der Waals surface area contributed by atoms with Gasteiger partial charge >= 0.3 is 6.18 Å². The number of likely N-dealkylation sites (N-methyl/N-ethyl adjacent to an activating group) is 1. The molecule has 0 fully saturated rings. The molecule has 8 heteroatoms. The number of hydrogen-bond acceptors (Lipinski definition) is 3. The average Bonchev–Trinajstić information content (AvgIpc) is 2.75. The summed E-state index contributed by atoms with van der Waals surface area (Å²) in [5.74, 6) is -0.885. The smallest absolute Gasteiger partial charge is 0.314 e. The van der Waals surface area contributed by atoms with E-state index < -0.39 is 32.7 Å². The molecule has 0 aliphatic carbocycles. The second kappa shape index (κ2) is 6.09. The molecule has 2 aromatic carbocycles. The van der Waals surface area contributed by atoms with Crippen molar-refractivity contribution in [1.82, 2.24) is 0 Å². The van der Waals surface area contributed by atoms with Gasteiger partial charge < -0.3 is 4.90 Å². The molecule has 1 amide bonds. The van der Waals surface area contributed by atoms with Crippen molar-refractivity contribution in [2.45, 2.75) is 30.3 Å². The largest absolute Gasteiger partial charge is 0.416 e. The first kappa shape index (κ1) is 19.4. The average molecular weight is 397 g/mol. The lowest BCUT2D eigenvalue weighted by Crippen LogP contribution is -2.41. The van der Waals surface area contributed by atoms with Gasteiger partial charge in [-0.3, -0.25) is 4.79 Å². The summed E-state index contributed by atoms with van der Waals surface area (Å²) >= 11 is 0. The van der Waals surface area contributed by atoms with E-state index >= 15 is 0 Å².